The van der Waals surface area contributed by atoms with E-state index in [0.717, 1.165) is 0 Å². The van der Waals surface area contributed by atoms with Gasteiger partial charge in [0.25, 0.3) is 5.91 Å². The molecule has 0 heterocycles. The van der Waals surface area contributed by atoms with Crippen LogP contribution >= 0.6 is 0 Å². The fourth-order valence-corrected chi connectivity index (χ4v) is 1.58. The Bertz CT molecular complexity index is 494. The molecule has 1 amide bonds. The molecule has 0 aliphatic carbocycles. The van der Waals surface area contributed by atoms with E-state index in [2.05, 4.69) is 5.32 Å². The molecule has 0 radical (unpaired) electrons. The number of hydrogen-bond acceptors (Lipinski definition) is 2. The number of hydrogen-bond donors (Lipinski definition) is 2. The van der Waals surface area contributed by atoms with Crippen LogP contribution < -0.4 is 5.32 Å². The van der Waals surface area contributed by atoms with E-state index in [4.69, 9.17) is 5.11 Å². The number of nitrogens with one attached hydrogen (secondary N) is 1. The predicted molar refractivity (Wildman–Crippen MR) is 64.1 cm³/mol. The molecule has 20 heavy (non-hydrogen) atoms. The van der Waals surface area contributed by atoms with Crippen molar-refractivity contribution in [3.63, 3.8) is 0 Å². The van der Waals surface area contributed by atoms with Gasteiger partial charge >= 0.3 is 0 Å². The fraction of sp³-hybridized carbons (Fsp3) is 0.462. The van der Waals surface area contributed by atoms with Gasteiger partial charge in [-0.3, -0.25) is 4.79 Å². The second-order valence-electron chi connectivity index (χ2n) is 4.53. The van der Waals surface area contributed by atoms with E-state index in [0.29, 0.717) is 18.9 Å². The van der Waals surface area contributed by atoms with Crippen LogP contribution in [-0.4, -0.2) is 24.2 Å². The molecule has 0 saturated carbocycles. The third kappa shape index (κ3) is 3.93. The molecule has 0 spiro atoms. The summed E-state index contributed by atoms with van der Waals surface area (Å²) in [5.74, 6) is -8.26. The molecule has 0 saturated heterocycles. The van der Waals surface area contributed by atoms with E-state index >= 15 is 0 Å². The molecular weight excluding hydrogens is 278 g/mol. The Balaban J connectivity index is 2.65. The number of aliphatic hydroxyl groups is 1. The molecule has 0 fully saturated rings. The van der Waals surface area contributed by atoms with E-state index in [1.54, 1.807) is 0 Å². The van der Waals surface area contributed by atoms with Gasteiger partial charge in [0.05, 0.1) is 5.56 Å². The first-order valence-electron chi connectivity index (χ1n) is 6.10. The van der Waals surface area contributed by atoms with Crippen molar-refractivity contribution in [2.24, 2.45) is 5.92 Å². The molecule has 1 unspecified atom stereocenters. The molecule has 3 nitrogen and oxygen atoms in total. The van der Waals surface area contributed by atoms with Gasteiger partial charge in [-0.1, -0.05) is 6.92 Å². The largest absolute Gasteiger partial charge is 0.396 e. The van der Waals surface area contributed by atoms with Crippen LogP contribution in [0.4, 0.5) is 17.6 Å². The highest BCUT2D eigenvalue weighted by Gasteiger charge is 2.22. The Morgan fingerprint density at radius 1 is 1.25 bits per heavy atom. The highest BCUT2D eigenvalue weighted by molar-refractivity contribution is 5.94. The summed E-state index contributed by atoms with van der Waals surface area (Å²) in [6.45, 7) is 1.98. The molecular formula is C13H15F4NO2. The van der Waals surface area contributed by atoms with E-state index in [9.17, 15) is 22.4 Å². The zero-order valence-corrected chi connectivity index (χ0v) is 10.9. The van der Waals surface area contributed by atoms with Gasteiger partial charge in [0.2, 0.25) is 0 Å². The maximum atomic E-state index is 13.3. The lowest BCUT2D eigenvalue weighted by Gasteiger charge is -2.09. The second-order valence-corrected chi connectivity index (χ2v) is 4.53. The van der Waals surface area contributed by atoms with Crippen molar-refractivity contribution in [1.82, 2.24) is 5.32 Å². The van der Waals surface area contributed by atoms with Gasteiger partial charge in [0.1, 0.15) is 0 Å². The lowest BCUT2D eigenvalue weighted by Crippen LogP contribution is -2.26. The smallest absolute Gasteiger partial charge is 0.254 e. The van der Waals surface area contributed by atoms with E-state index in [1.165, 1.54) is 0 Å². The van der Waals surface area contributed by atoms with Crippen LogP contribution in [0.3, 0.4) is 0 Å². The van der Waals surface area contributed by atoms with Crippen LogP contribution in [0.1, 0.15) is 30.1 Å². The van der Waals surface area contributed by atoms with Gasteiger partial charge in [0, 0.05) is 13.2 Å². The Morgan fingerprint density at radius 3 is 2.50 bits per heavy atom. The molecule has 1 aromatic carbocycles. The maximum absolute atomic E-state index is 13.3. The normalized spacial score (nSPS) is 12.3. The van der Waals surface area contributed by atoms with Crippen molar-refractivity contribution < 1.29 is 27.5 Å². The highest BCUT2D eigenvalue weighted by Crippen LogP contribution is 2.18. The van der Waals surface area contributed by atoms with E-state index in [-0.39, 0.29) is 19.1 Å². The van der Waals surface area contributed by atoms with Crippen molar-refractivity contribution >= 4 is 5.91 Å². The third-order valence-corrected chi connectivity index (χ3v) is 2.82. The Kier molecular flexibility index (Phi) is 5.94. The average molecular weight is 293 g/mol. The molecule has 1 atom stereocenters. The zero-order chi connectivity index (χ0) is 15.3. The number of amides is 1. The second kappa shape index (κ2) is 7.23. The molecule has 0 aliphatic heterocycles. The molecule has 0 aliphatic rings. The van der Waals surface area contributed by atoms with Crippen molar-refractivity contribution in [2.75, 3.05) is 13.2 Å². The third-order valence-electron chi connectivity index (χ3n) is 2.82. The number of aliphatic hydroxyl groups excluding tert-OH is 1. The summed E-state index contributed by atoms with van der Waals surface area (Å²) in [7, 11) is 0. The number of carbonyl (C=O) groups excluding carboxylic acids is 1. The Morgan fingerprint density at radius 2 is 1.90 bits per heavy atom. The fourth-order valence-electron chi connectivity index (χ4n) is 1.58. The van der Waals surface area contributed by atoms with Crippen LogP contribution in [0, 0.1) is 29.2 Å². The lowest BCUT2D eigenvalue weighted by atomic mass is 10.1. The summed E-state index contributed by atoms with van der Waals surface area (Å²) in [5.41, 5.74) is -0.878. The SMILES string of the molecule is CC(CO)CCCNC(=O)c1cc(F)c(F)c(F)c1F. The minimum absolute atomic E-state index is 0.0109. The molecule has 1 rings (SSSR count). The van der Waals surface area contributed by atoms with Crippen LogP contribution in [0.15, 0.2) is 6.07 Å². The number of halogens is 4. The van der Waals surface area contributed by atoms with Crippen molar-refractivity contribution in [3.8, 4) is 0 Å². The van der Waals surface area contributed by atoms with Crippen molar-refractivity contribution in [3.05, 3.63) is 34.9 Å². The topological polar surface area (TPSA) is 49.3 Å². The summed E-state index contributed by atoms with van der Waals surface area (Å²) in [5, 5.41) is 11.1. The van der Waals surface area contributed by atoms with Crippen LogP contribution in [0.5, 0.6) is 0 Å². The summed E-state index contributed by atoms with van der Waals surface area (Å²) in [6, 6.07) is 0.319. The first-order valence-corrected chi connectivity index (χ1v) is 6.10. The first kappa shape index (κ1) is 16.4. The minimum atomic E-state index is -2.01. The standard InChI is InChI=1S/C13H15F4NO2/c1-7(6-19)3-2-4-18-13(20)8-5-9(14)11(16)12(17)10(8)15/h5,7,19H,2-4,6H2,1H3,(H,18,20). The molecule has 0 bridgehead atoms. The Labute approximate surface area is 113 Å². The van der Waals surface area contributed by atoms with Gasteiger partial charge in [-0.2, -0.15) is 0 Å². The molecule has 112 valence electrons. The number of rotatable bonds is 6. The highest BCUT2D eigenvalue weighted by atomic mass is 19.2. The van der Waals surface area contributed by atoms with Crippen LogP contribution in [0.25, 0.3) is 0 Å². The van der Waals surface area contributed by atoms with Gasteiger partial charge in [0.15, 0.2) is 23.3 Å². The van der Waals surface area contributed by atoms with Crippen LogP contribution in [0.2, 0.25) is 0 Å². The van der Waals surface area contributed by atoms with Gasteiger partial charge in [-0.15, -0.1) is 0 Å². The first-order chi connectivity index (χ1) is 9.38. The van der Waals surface area contributed by atoms with Gasteiger partial charge < -0.3 is 10.4 Å². The quantitative estimate of drug-likeness (QED) is 0.366. The molecule has 2 N–H and O–H groups in total. The zero-order valence-electron chi connectivity index (χ0n) is 10.9. The summed E-state index contributed by atoms with van der Waals surface area (Å²) in [4.78, 5) is 11.5. The van der Waals surface area contributed by atoms with Crippen LogP contribution in [-0.2, 0) is 0 Å². The Hall–Kier alpha value is -1.63. The average Bonchev–Trinajstić information content (AvgIpc) is 2.44. The van der Waals surface area contributed by atoms with E-state index in [1.807, 2.05) is 6.92 Å². The number of benzene rings is 1. The van der Waals surface area contributed by atoms with Gasteiger partial charge in [-0.25, -0.2) is 17.6 Å². The summed E-state index contributed by atoms with van der Waals surface area (Å²) >= 11 is 0. The molecule has 1 aromatic rings. The lowest BCUT2D eigenvalue weighted by molar-refractivity contribution is 0.0946. The number of carbonyl (C=O) groups is 1. The molecule has 7 heteroatoms. The summed E-state index contributed by atoms with van der Waals surface area (Å²) < 4.78 is 51.9. The predicted octanol–water partition coefficient (Wildman–Crippen LogP) is 2.38. The maximum Gasteiger partial charge on any atom is 0.254 e. The molecule has 0 aromatic heterocycles. The summed E-state index contributed by atoms with van der Waals surface area (Å²) in [6.07, 6.45) is 1.15. The van der Waals surface area contributed by atoms with Crippen molar-refractivity contribution in [2.45, 2.75) is 19.8 Å². The monoisotopic (exact) mass is 293 g/mol. The van der Waals surface area contributed by atoms with Crippen molar-refractivity contribution in [1.29, 1.82) is 0 Å². The van der Waals surface area contributed by atoms with Gasteiger partial charge in [-0.05, 0) is 24.8 Å². The minimum Gasteiger partial charge on any atom is -0.396 e. The van der Waals surface area contributed by atoms with E-state index < -0.39 is 34.7 Å².